The molecule has 4 rings (SSSR count). The van der Waals surface area contributed by atoms with Crippen LogP contribution in [0.4, 0.5) is 5.69 Å². The fourth-order valence-electron chi connectivity index (χ4n) is 3.97. The van der Waals surface area contributed by atoms with Gasteiger partial charge in [-0.05, 0) is 59.4 Å². The smallest absolute Gasteiger partial charge is 0.251 e. The van der Waals surface area contributed by atoms with Crippen molar-refractivity contribution >= 4 is 17.2 Å². The zero-order chi connectivity index (χ0) is 20.9. The van der Waals surface area contributed by atoms with Crippen LogP contribution in [0.15, 0.2) is 79.6 Å². The van der Waals surface area contributed by atoms with E-state index in [4.69, 9.17) is 5.73 Å². The predicted molar refractivity (Wildman–Crippen MR) is 121 cm³/mol. The summed E-state index contributed by atoms with van der Waals surface area (Å²) in [5.41, 5.74) is 11.1. The molecule has 2 atom stereocenters. The zero-order valence-corrected chi connectivity index (χ0v) is 16.8. The maximum atomic E-state index is 13.0. The number of pyridine rings is 1. The third kappa shape index (κ3) is 4.42. The second-order valence-corrected chi connectivity index (χ2v) is 7.69. The maximum Gasteiger partial charge on any atom is 0.251 e. The fraction of sp³-hybridized carbons (Fsp3) is 0.200. The monoisotopic (exact) mass is 398 g/mol. The minimum absolute atomic E-state index is 0.0702. The molecule has 1 aliphatic rings. The van der Waals surface area contributed by atoms with E-state index in [2.05, 4.69) is 46.5 Å². The van der Waals surface area contributed by atoms with Gasteiger partial charge in [-0.1, -0.05) is 36.9 Å². The number of carbonyl (C=O) groups is 1. The molecule has 0 aliphatic carbocycles. The highest BCUT2D eigenvalue weighted by Gasteiger charge is 2.24. The van der Waals surface area contributed by atoms with Crippen molar-refractivity contribution in [2.24, 2.45) is 0 Å². The van der Waals surface area contributed by atoms with E-state index < -0.39 is 0 Å². The molecule has 2 unspecified atom stereocenters. The molecule has 3 aromatic rings. The van der Waals surface area contributed by atoms with Crippen molar-refractivity contribution in [3.05, 3.63) is 102 Å². The maximum absolute atomic E-state index is 13.0. The molecule has 0 radical (unpaired) electrons. The van der Waals surface area contributed by atoms with E-state index >= 15 is 0 Å². The first-order chi connectivity index (χ1) is 14.6. The van der Waals surface area contributed by atoms with Crippen LogP contribution in [0.3, 0.4) is 0 Å². The summed E-state index contributed by atoms with van der Waals surface area (Å²) in [4.78, 5) is 17.0. The molecule has 2 aromatic carbocycles. The number of nitrogens with two attached hydrogens (primary N) is 1. The van der Waals surface area contributed by atoms with Gasteiger partial charge in [0.1, 0.15) is 0 Å². The Bertz CT molecular complexity index is 1030. The normalized spacial score (nSPS) is 18.5. The van der Waals surface area contributed by atoms with E-state index in [1.54, 1.807) is 24.5 Å². The molecular weight excluding hydrogens is 372 g/mol. The number of anilines is 1. The minimum Gasteiger partial charge on any atom is -0.398 e. The highest BCUT2D eigenvalue weighted by atomic mass is 16.1. The lowest BCUT2D eigenvalue weighted by Gasteiger charge is -2.31. The minimum atomic E-state index is -0.0979. The van der Waals surface area contributed by atoms with Gasteiger partial charge >= 0.3 is 0 Å². The number of rotatable bonds is 5. The Kier molecular flexibility index (Phi) is 5.91. The average molecular weight is 399 g/mol. The van der Waals surface area contributed by atoms with Crippen LogP contribution < -0.4 is 16.4 Å². The molecule has 1 aromatic heterocycles. The van der Waals surface area contributed by atoms with Gasteiger partial charge in [0.05, 0.1) is 0 Å². The van der Waals surface area contributed by atoms with Gasteiger partial charge in [-0.3, -0.25) is 9.78 Å². The van der Waals surface area contributed by atoms with Crippen LogP contribution in [0.5, 0.6) is 0 Å². The summed E-state index contributed by atoms with van der Waals surface area (Å²) >= 11 is 0. The number of nitrogens with one attached hydrogen (secondary N) is 2. The van der Waals surface area contributed by atoms with Crippen molar-refractivity contribution in [2.75, 3.05) is 18.8 Å². The van der Waals surface area contributed by atoms with Crippen molar-refractivity contribution in [1.29, 1.82) is 0 Å². The standard InChI is InChI=1S/C25H26N4O/c1-17(18-9-11-27-12-10-18)23-14-20(7-8-24(23)26)25(30)29-22-13-21(15-28-16-22)19-5-3-2-4-6-19/h2-12,14,21-22,28H,1,13,15-16,26H2,(H,29,30). The van der Waals surface area contributed by atoms with E-state index in [0.717, 1.165) is 36.2 Å². The summed E-state index contributed by atoms with van der Waals surface area (Å²) < 4.78 is 0. The zero-order valence-electron chi connectivity index (χ0n) is 16.8. The van der Waals surface area contributed by atoms with E-state index in [1.807, 2.05) is 24.3 Å². The first-order valence-electron chi connectivity index (χ1n) is 10.2. The van der Waals surface area contributed by atoms with Crippen LogP contribution in [0, 0.1) is 0 Å². The van der Waals surface area contributed by atoms with Crippen molar-refractivity contribution < 1.29 is 4.79 Å². The molecule has 152 valence electrons. The molecule has 5 heteroatoms. The van der Waals surface area contributed by atoms with Crippen LogP contribution in [0.2, 0.25) is 0 Å². The van der Waals surface area contributed by atoms with Gasteiger partial charge in [0.2, 0.25) is 0 Å². The van der Waals surface area contributed by atoms with E-state index in [0.29, 0.717) is 17.2 Å². The SMILES string of the molecule is C=C(c1ccncc1)c1cc(C(=O)NC2CNCC(c3ccccc3)C2)ccc1N. The quantitative estimate of drug-likeness (QED) is 0.574. The van der Waals surface area contributed by atoms with Crippen molar-refractivity contribution in [3.8, 4) is 0 Å². The number of piperidine rings is 1. The first-order valence-corrected chi connectivity index (χ1v) is 10.2. The molecule has 1 amide bonds. The highest BCUT2D eigenvalue weighted by Crippen LogP contribution is 2.28. The molecule has 2 heterocycles. The Balaban J connectivity index is 1.48. The molecule has 1 fully saturated rings. The summed E-state index contributed by atoms with van der Waals surface area (Å²) in [6, 6.07) is 19.6. The number of hydrogen-bond acceptors (Lipinski definition) is 4. The van der Waals surface area contributed by atoms with Crippen molar-refractivity contribution in [3.63, 3.8) is 0 Å². The number of aromatic nitrogens is 1. The van der Waals surface area contributed by atoms with Gasteiger partial charge in [-0.25, -0.2) is 0 Å². The number of benzene rings is 2. The summed E-state index contributed by atoms with van der Waals surface area (Å²) in [5.74, 6) is 0.290. The largest absolute Gasteiger partial charge is 0.398 e. The number of carbonyl (C=O) groups excluding carboxylic acids is 1. The van der Waals surface area contributed by atoms with Gasteiger partial charge in [-0.2, -0.15) is 0 Å². The topological polar surface area (TPSA) is 80.0 Å². The third-order valence-electron chi connectivity index (χ3n) is 5.63. The molecule has 5 nitrogen and oxygen atoms in total. The Labute approximate surface area is 177 Å². The molecule has 4 N–H and O–H groups in total. The van der Waals surface area contributed by atoms with Crippen LogP contribution in [-0.4, -0.2) is 30.0 Å². The third-order valence-corrected chi connectivity index (χ3v) is 5.63. The van der Waals surface area contributed by atoms with Crippen molar-refractivity contribution in [2.45, 2.75) is 18.4 Å². The Morgan fingerprint density at radius 3 is 2.57 bits per heavy atom. The molecule has 1 aliphatic heterocycles. The van der Waals surface area contributed by atoms with Gasteiger partial charge in [-0.15, -0.1) is 0 Å². The predicted octanol–water partition coefficient (Wildman–Crippen LogP) is 3.60. The second kappa shape index (κ2) is 8.93. The first kappa shape index (κ1) is 19.9. The Morgan fingerprint density at radius 1 is 1.03 bits per heavy atom. The highest BCUT2D eigenvalue weighted by molar-refractivity contribution is 5.97. The average Bonchev–Trinajstić information content (AvgIpc) is 2.80. The lowest BCUT2D eigenvalue weighted by Crippen LogP contribution is -2.48. The summed E-state index contributed by atoms with van der Waals surface area (Å²) in [5, 5.41) is 6.62. The Hall–Kier alpha value is -3.44. The van der Waals surface area contributed by atoms with Crippen LogP contribution in [0.1, 0.15) is 39.4 Å². The van der Waals surface area contributed by atoms with Crippen molar-refractivity contribution in [1.82, 2.24) is 15.6 Å². The second-order valence-electron chi connectivity index (χ2n) is 7.69. The van der Waals surface area contributed by atoms with Gasteiger partial charge in [0.15, 0.2) is 0 Å². The lowest BCUT2D eigenvalue weighted by molar-refractivity contribution is 0.0928. The molecule has 1 saturated heterocycles. The molecule has 0 spiro atoms. The summed E-state index contributed by atoms with van der Waals surface area (Å²) in [6.07, 6.45) is 4.34. The summed E-state index contributed by atoms with van der Waals surface area (Å²) in [6.45, 7) is 5.86. The fourth-order valence-corrected chi connectivity index (χ4v) is 3.97. The van der Waals surface area contributed by atoms with Gasteiger partial charge in [0.25, 0.3) is 5.91 Å². The molecule has 30 heavy (non-hydrogen) atoms. The number of nitrogens with zero attached hydrogens (tertiary/aromatic N) is 1. The van der Waals surface area contributed by atoms with Crippen LogP contribution in [0.25, 0.3) is 5.57 Å². The van der Waals surface area contributed by atoms with Crippen LogP contribution in [-0.2, 0) is 0 Å². The molecule has 0 saturated carbocycles. The molecule has 0 bridgehead atoms. The molecular formula is C25H26N4O. The summed E-state index contributed by atoms with van der Waals surface area (Å²) in [7, 11) is 0. The van der Waals surface area contributed by atoms with E-state index in [1.165, 1.54) is 5.56 Å². The number of nitrogen functional groups attached to an aromatic ring is 1. The van der Waals surface area contributed by atoms with E-state index in [-0.39, 0.29) is 11.9 Å². The number of hydrogen-bond donors (Lipinski definition) is 3. The van der Waals surface area contributed by atoms with Gasteiger partial charge in [0, 0.05) is 48.3 Å². The van der Waals surface area contributed by atoms with E-state index in [9.17, 15) is 4.79 Å². The van der Waals surface area contributed by atoms with Crippen LogP contribution >= 0.6 is 0 Å². The number of amides is 1. The lowest BCUT2D eigenvalue weighted by atomic mass is 9.89. The van der Waals surface area contributed by atoms with Gasteiger partial charge < -0.3 is 16.4 Å². The Morgan fingerprint density at radius 2 is 1.80 bits per heavy atom.